The van der Waals surface area contributed by atoms with E-state index in [1.54, 1.807) is 31.3 Å². The SMILES string of the molecule is CN(CC(=O)Nc1cccc(Cl)c1)C(=O)c1cc(S(=O)(=O)N2CCCCC2)cn1C. The molecule has 8 nitrogen and oxygen atoms in total. The van der Waals surface area contributed by atoms with Gasteiger partial charge < -0.3 is 14.8 Å². The number of aromatic nitrogens is 1. The zero-order chi connectivity index (χ0) is 21.9. The molecule has 1 aromatic carbocycles. The molecule has 2 heterocycles. The van der Waals surface area contributed by atoms with E-state index in [-0.39, 0.29) is 23.0 Å². The first-order valence-corrected chi connectivity index (χ1v) is 11.5. The van der Waals surface area contributed by atoms with Crippen molar-refractivity contribution in [2.75, 3.05) is 32.0 Å². The number of hydrogen-bond acceptors (Lipinski definition) is 4. The highest BCUT2D eigenvalue weighted by Crippen LogP contribution is 2.23. The van der Waals surface area contributed by atoms with Crippen LogP contribution in [-0.4, -0.2) is 60.7 Å². The van der Waals surface area contributed by atoms with Crippen LogP contribution < -0.4 is 5.32 Å². The Morgan fingerprint density at radius 3 is 2.53 bits per heavy atom. The molecule has 162 valence electrons. The molecule has 0 saturated carbocycles. The van der Waals surface area contributed by atoms with Crippen molar-refractivity contribution in [2.24, 2.45) is 7.05 Å². The predicted octanol–water partition coefficient (Wildman–Crippen LogP) is 2.56. The number of halogens is 1. The third-order valence-electron chi connectivity index (χ3n) is 4.99. The minimum absolute atomic E-state index is 0.0898. The first-order valence-electron chi connectivity index (χ1n) is 9.66. The van der Waals surface area contributed by atoms with Crippen LogP contribution in [0.25, 0.3) is 0 Å². The van der Waals surface area contributed by atoms with E-state index in [1.165, 1.54) is 33.1 Å². The summed E-state index contributed by atoms with van der Waals surface area (Å²) in [6.07, 6.45) is 4.13. The largest absolute Gasteiger partial charge is 0.345 e. The topological polar surface area (TPSA) is 91.7 Å². The van der Waals surface area contributed by atoms with Crippen molar-refractivity contribution in [3.8, 4) is 0 Å². The van der Waals surface area contributed by atoms with E-state index >= 15 is 0 Å². The van der Waals surface area contributed by atoms with E-state index in [1.807, 2.05) is 0 Å². The van der Waals surface area contributed by atoms with Crippen molar-refractivity contribution in [1.82, 2.24) is 13.8 Å². The van der Waals surface area contributed by atoms with E-state index in [4.69, 9.17) is 11.6 Å². The number of nitrogens with one attached hydrogen (secondary N) is 1. The molecule has 30 heavy (non-hydrogen) atoms. The summed E-state index contributed by atoms with van der Waals surface area (Å²) >= 11 is 5.91. The third-order valence-corrected chi connectivity index (χ3v) is 7.09. The summed E-state index contributed by atoms with van der Waals surface area (Å²) in [5.41, 5.74) is 0.728. The molecule has 1 aliphatic heterocycles. The summed E-state index contributed by atoms with van der Waals surface area (Å²) in [4.78, 5) is 26.4. The number of hydrogen-bond donors (Lipinski definition) is 1. The summed E-state index contributed by atoms with van der Waals surface area (Å²) in [6.45, 7) is 0.791. The predicted molar refractivity (Wildman–Crippen MR) is 115 cm³/mol. The number of amides is 2. The second-order valence-corrected chi connectivity index (χ2v) is 9.73. The summed E-state index contributed by atoms with van der Waals surface area (Å²) in [5, 5.41) is 3.17. The molecular formula is C20H25ClN4O4S. The van der Waals surface area contributed by atoms with Crippen molar-refractivity contribution >= 4 is 39.1 Å². The molecule has 2 aromatic rings. The lowest BCUT2D eigenvalue weighted by molar-refractivity contribution is -0.116. The normalized spacial score (nSPS) is 15.0. The second kappa shape index (κ2) is 9.20. The van der Waals surface area contributed by atoms with Gasteiger partial charge in [-0.2, -0.15) is 4.31 Å². The first kappa shape index (κ1) is 22.3. The van der Waals surface area contributed by atoms with Crippen molar-refractivity contribution in [3.05, 3.63) is 47.2 Å². The van der Waals surface area contributed by atoms with Crippen molar-refractivity contribution < 1.29 is 18.0 Å². The van der Waals surface area contributed by atoms with Crippen LogP contribution in [0.4, 0.5) is 5.69 Å². The number of piperidine rings is 1. The van der Waals surface area contributed by atoms with Gasteiger partial charge in [0.05, 0.1) is 6.54 Å². The fraction of sp³-hybridized carbons (Fsp3) is 0.400. The summed E-state index contributed by atoms with van der Waals surface area (Å²) in [7, 11) is -0.536. The molecular weight excluding hydrogens is 428 g/mol. The van der Waals surface area contributed by atoms with Crippen molar-refractivity contribution in [3.63, 3.8) is 0 Å². The molecule has 1 N–H and O–H groups in total. The number of aryl methyl sites for hydroxylation is 1. The van der Waals surface area contributed by atoms with Crippen LogP contribution in [-0.2, 0) is 21.9 Å². The van der Waals surface area contributed by atoms with Crippen LogP contribution in [0, 0.1) is 0 Å². The molecule has 1 saturated heterocycles. The minimum Gasteiger partial charge on any atom is -0.345 e. The molecule has 1 aromatic heterocycles. The summed E-state index contributed by atoms with van der Waals surface area (Å²) < 4.78 is 28.7. The minimum atomic E-state index is -3.64. The molecule has 0 aliphatic carbocycles. The molecule has 1 aliphatic rings. The molecule has 1 fully saturated rings. The smallest absolute Gasteiger partial charge is 0.270 e. The van der Waals surface area contributed by atoms with Crippen LogP contribution in [0.5, 0.6) is 0 Å². The van der Waals surface area contributed by atoms with Crippen LogP contribution >= 0.6 is 11.6 Å². The highest BCUT2D eigenvalue weighted by Gasteiger charge is 2.29. The Hall–Kier alpha value is -2.36. The van der Waals surface area contributed by atoms with Gasteiger partial charge in [-0.3, -0.25) is 9.59 Å². The maximum absolute atomic E-state index is 12.9. The van der Waals surface area contributed by atoms with E-state index in [0.717, 1.165) is 19.3 Å². The monoisotopic (exact) mass is 452 g/mol. The number of sulfonamides is 1. The number of likely N-dealkylation sites (N-methyl/N-ethyl adjacent to an activating group) is 1. The number of rotatable bonds is 6. The van der Waals surface area contributed by atoms with Crippen molar-refractivity contribution in [1.29, 1.82) is 0 Å². The van der Waals surface area contributed by atoms with E-state index in [9.17, 15) is 18.0 Å². The Morgan fingerprint density at radius 2 is 1.87 bits per heavy atom. The highest BCUT2D eigenvalue weighted by atomic mass is 35.5. The lowest BCUT2D eigenvalue weighted by atomic mass is 10.2. The second-order valence-electron chi connectivity index (χ2n) is 7.36. The fourth-order valence-corrected chi connectivity index (χ4v) is 5.17. The molecule has 0 unspecified atom stereocenters. The highest BCUT2D eigenvalue weighted by molar-refractivity contribution is 7.89. The number of benzene rings is 1. The quantitative estimate of drug-likeness (QED) is 0.729. The standard InChI is InChI=1S/C20H25ClN4O4S/c1-23-13-17(30(28,29)25-9-4-3-5-10-25)12-18(23)20(27)24(2)14-19(26)22-16-8-6-7-15(21)11-16/h6-8,11-13H,3-5,9-10,14H2,1-2H3,(H,22,26). The molecule has 0 bridgehead atoms. The Labute approximate surface area is 181 Å². The fourth-order valence-electron chi connectivity index (χ4n) is 3.39. The summed E-state index contributed by atoms with van der Waals surface area (Å²) in [6, 6.07) is 8.08. The van der Waals surface area contributed by atoms with Gasteiger partial charge in [0.2, 0.25) is 15.9 Å². The Morgan fingerprint density at radius 1 is 1.17 bits per heavy atom. The van der Waals surface area contributed by atoms with Gasteiger partial charge >= 0.3 is 0 Å². The molecule has 0 atom stereocenters. The number of nitrogens with zero attached hydrogens (tertiary/aromatic N) is 3. The maximum Gasteiger partial charge on any atom is 0.270 e. The Balaban J connectivity index is 1.69. The molecule has 0 spiro atoms. The average Bonchev–Trinajstić information content (AvgIpc) is 3.10. The van der Waals surface area contributed by atoms with Gasteiger partial charge in [0.15, 0.2) is 0 Å². The van der Waals surface area contributed by atoms with Gasteiger partial charge in [0.1, 0.15) is 10.6 Å². The van der Waals surface area contributed by atoms with Crippen LogP contribution in [0.3, 0.4) is 0 Å². The molecule has 2 amide bonds. The Kier molecular flexibility index (Phi) is 6.84. The van der Waals surface area contributed by atoms with Crippen LogP contribution in [0.2, 0.25) is 5.02 Å². The first-order chi connectivity index (χ1) is 14.2. The number of carbonyl (C=O) groups is 2. The van der Waals surface area contributed by atoms with E-state index in [0.29, 0.717) is 23.8 Å². The lowest BCUT2D eigenvalue weighted by Gasteiger charge is -2.25. The zero-order valence-corrected chi connectivity index (χ0v) is 18.5. The van der Waals surface area contributed by atoms with Gasteiger partial charge in [-0.15, -0.1) is 0 Å². The number of carbonyl (C=O) groups excluding carboxylic acids is 2. The van der Waals surface area contributed by atoms with E-state index in [2.05, 4.69) is 5.32 Å². The van der Waals surface area contributed by atoms with Crippen LogP contribution in [0.1, 0.15) is 29.8 Å². The van der Waals surface area contributed by atoms with E-state index < -0.39 is 15.9 Å². The van der Waals surface area contributed by atoms with Gasteiger partial charge in [0, 0.05) is 44.1 Å². The summed E-state index contributed by atoms with van der Waals surface area (Å²) in [5.74, 6) is -0.831. The van der Waals surface area contributed by atoms with Crippen molar-refractivity contribution in [2.45, 2.75) is 24.2 Å². The van der Waals surface area contributed by atoms with Crippen LogP contribution in [0.15, 0.2) is 41.4 Å². The zero-order valence-electron chi connectivity index (χ0n) is 17.0. The molecule has 0 radical (unpaired) electrons. The van der Waals surface area contributed by atoms with Gasteiger partial charge in [-0.1, -0.05) is 24.1 Å². The average molecular weight is 453 g/mol. The maximum atomic E-state index is 12.9. The lowest BCUT2D eigenvalue weighted by Crippen LogP contribution is -2.36. The van der Waals surface area contributed by atoms with Gasteiger partial charge in [-0.25, -0.2) is 8.42 Å². The number of anilines is 1. The molecule has 3 rings (SSSR count). The van der Waals surface area contributed by atoms with Gasteiger partial charge in [-0.05, 0) is 37.1 Å². The Bertz CT molecular complexity index is 1040. The van der Waals surface area contributed by atoms with Gasteiger partial charge in [0.25, 0.3) is 5.91 Å². The molecule has 10 heteroatoms. The third kappa shape index (κ3) is 5.03.